The van der Waals surface area contributed by atoms with Crippen LogP contribution in [0, 0.1) is 11.7 Å². The topological polar surface area (TPSA) is 136 Å². The normalized spacial score (nSPS) is 20.9. The van der Waals surface area contributed by atoms with Gasteiger partial charge >= 0.3 is 6.18 Å². The van der Waals surface area contributed by atoms with E-state index < -0.39 is 52.1 Å². The van der Waals surface area contributed by atoms with Crippen LogP contribution in [-0.2, 0) is 27.5 Å². The van der Waals surface area contributed by atoms with Crippen molar-refractivity contribution in [2.75, 3.05) is 33.0 Å². The standard InChI is InChI=1S/C28H27F4N7O4S/c1-37(2)44(41,42)39-21(10-16-13-43-14-22(16)39)27-36-24(25-26(33)35-7-8-38(25)27)19-4-3-15(9-20(19)29)23(40)12-18-11-17(5-6-34-18)28(30,31)32/h3-9,11,16,21-22H,10,12-14H2,1-2H3,(H2,33,35)/t16-,21-,22+/m0/s1. The van der Waals surface area contributed by atoms with Crippen LogP contribution in [-0.4, -0.2) is 75.5 Å². The van der Waals surface area contributed by atoms with Crippen LogP contribution < -0.4 is 5.73 Å². The Kier molecular flexibility index (Phi) is 7.42. The van der Waals surface area contributed by atoms with Crippen molar-refractivity contribution < 1.29 is 35.5 Å². The summed E-state index contributed by atoms with van der Waals surface area (Å²) >= 11 is 0. The largest absolute Gasteiger partial charge is 0.416 e. The van der Waals surface area contributed by atoms with Gasteiger partial charge < -0.3 is 10.5 Å². The van der Waals surface area contributed by atoms with Crippen molar-refractivity contribution in [3.8, 4) is 11.3 Å². The average molecular weight is 634 g/mol. The molecule has 0 aliphatic carbocycles. The van der Waals surface area contributed by atoms with Crippen LogP contribution in [0.25, 0.3) is 16.8 Å². The van der Waals surface area contributed by atoms with Gasteiger partial charge in [0.15, 0.2) is 5.78 Å². The molecule has 1 aromatic carbocycles. The fraction of sp³-hybridized carbons (Fsp3) is 0.357. The lowest BCUT2D eigenvalue weighted by molar-refractivity contribution is -0.137. The number of ketones is 1. The van der Waals surface area contributed by atoms with Gasteiger partial charge in [-0.1, -0.05) is 6.07 Å². The Morgan fingerprint density at radius 2 is 1.91 bits per heavy atom. The molecule has 44 heavy (non-hydrogen) atoms. The number of alkyl halides is 3. The fourth-order valence-electron chi connectivity index (χ4n) is 5.86. The summed E-state index contributed by atoms with van der Waals surface area (Å²) < 4.78 is 91.5. The van der Waals surface area contributed by atoms with Gasteiger partial charge in [-0.2, -0.15) is 30.2 Å². The highest BCUT2D eigenvalue weighted by molar-refractivity contribution is 7.86. The zero-order valence-corrected chi connectivity index (χ0v) is 24.3. The number of benzene rings is 1. The van der Waals surface area contributed by atoms with E-state index in [0.717, 1.165) is 28.7 Å². The Morgan fingerprint density at radius 3 is 2.61 bits per heavy atom. The number of aromatic nitrogens is 4. The highest BCUT2D eigenvalue weighted by atomic mass is 32.2. The minimum absolute atomic E-state index is 0.0225. The molecular weight excluding hydrogens is 606 g/mol. The Bertz CT molecular complexity index is 1880. The van der Waals surface area contributed by atoms with Crippen molar-refractivity contribution in [2.45, 2.75) is 31.1 Å². The van der Waals surface area contributed by atoms with Crippen LogP contribution in [0.5, 0.6) is 0 Å². The van der Waals surface area contributed by atoms with Gasteiger partial charge in [0.05, 0.1) is 37.3 Å². The molecule has 5 heterocycles. The summed E-state index contributed by atoms with van der Waals surface area (Å²) in [7, 11) is -1.04. The number of Topliss-reactive ketones (excluding diaryl/α,β-unsaturated/α-hetero) is 1. The maximum Gasteiger partial charge on any atom is 0.416 e. The Balaban J connectivity index is 1.38. The molecule has 232 valence electrons. The van der Waals surface area contributed by atoms with E-state index in [4.69, 9.17) is 15.5 Å². The summed E-state index contributed by atoms with van der Waals surface area (Å²) in [5.41, 5.74) is 5.42. The summed E-state index contributed by atoms with van der Waals surface area (Å²) in [4.78, 5) is 25.6. The van der Waals surface area contributed by atoms with Crippen molar-refractivity contribution in [3.63, 3.8) is 0 Å². The molecule has 11 nitrogen and oxygen atoms in total. The van der Waals surface area contributed by atoms with E-state index >= 15 is 4.39 Å². The number of rotatable bonds is 7. The number of fused-ring (bicyclic) bond motifs is 2. The second kappa shape index (κ2) is 10.9. The van der Waals surface area contributed by atoms with Crippen molar-refractivity contribution in [3.05, 3.63) is 77.4 Å². The van der Waals surface area contributed by atoms with E-state index in [2.05, 4.69) is 9.97 Å². The predicted octanol–water partition coefficient (Wildman–Crippen LogP) is 3.53. The van der Waals surface area contributed by atoms with Crippen LogP contribution in [0.15, 0.2) is 48.9 Å². The number of pyridine rings is 1. The molecule has 3 aromatic heterocycles. The number of hydrogen-bond donors (Lipinski definition) is 1. The molecule has 0 saturated carbocycles. The third-order valence-electron chi connectivity index (χ3n) is 7.99. The van der Waals surface area contributed by atoms with Gasteiger partial charge in [0.1, 0.15) is 28.7 Å². The smallest absolute Gasteiger partial charge is 0.382 e. The molecule has 2 fully saturated rings. The molecule has 0 unspecified atom stereocenters. The second-order valence-corrected chi connectivity index (χ2v) is 13.0. The lowest BCUT2D eigenvalue weighted by Gasteiger charge is -2.30. The maximum absolute atomic E-state index is 15.7. The Morgan fingerprint density at radius 1 is 1.14 bits per heavy atom. The van der Waals surface area contributed by atoms with Crippen LogP contribution >= 0.6 is 0 Å². The number of halogens is 4. The average Bonchev–Trinajstić information content (AvgIpc) is 3.66. The maximum atomic E-state index is 15.7. The number of ether oxygens (including phenoxy) is 1. The van der Waals surface area contributed by atoms with E-state index in [1.54, 1.807) is 10.6 Å². The number of carbonyl (C=O) groups is 1. The third kappa shape index (κ3) is 5.10. The van der Waals surface area contributed by atoms with Gasteiger partial charge in [-0.3, -0.25) is 14.2 Å². The number of carbonyl (C=O) groups excluding carboxylic acids is 1. The minimum atomic E-state index is -4.60. The quantitative estimate of drug-likeness (QED) is 0.241. The molecule has 0 spiro atoms. The number of imidazole rings is 1. The summed E-state index contributed by atoms with van der Waals surface area (Å²) in [5, 5.41) is 0. The zero-order valence-electron chi connectivity index (χ0n) is 23.5. The lowest BCUT2D eigenvalue weighted by Crippen LogP contribution is -2.45. The molecule has 0 bridgehead atoms. The third-order valence-corrected chi connectivity index (χ3v) is 9.97. The molecule has 6 rings (SSSR count). The van der Waals surface area contributed by atoms with E-state index in [-0.39, 0.29) is 46.4 Å². The number of anilines is 1. The van der Waals surface area contributed by atoms with Crippen molar-refractivity contribution >= 4 is 27.3 Å². The summed E-state index contributed by atoms with van der Waals surface area (Å²) in [6.45, 7) is 0.620. The number of nitrogen functional groups attached to an aromatic ring is 1. The fourth-order valence-corrected chi connectivity index (χ4v) is 7.32. The summed E-state index contributed by atoms with van der Waals surface area (Å²) in [6.07, 6.45) is -0.693. The molecule has 4 aromatic rings. The van der Waals surface area contributed by atoms with Gasteiger partial charge in [0.25, 0.3) is 10.2 Å². The second-order valence-electron chi connectivity index (χ2n) is 10.9. The van der Waals surface area contributed by atoms with Crippen molar-refractivity contribution in [1.82, 2.24) is 28.0 Å². The molecule has 2 N–H and O–H groups in total. The molecule has 0 amide bonds. The molecule has 2 aliphatic heterocycles. The molecule has 2 saturated heterocycles. The molecule has 3 atom stereocenters. The van der Waals surface area contributed by atoms with Crippen molar-refractivity contribution in [2.24, 2.45) is 5.92 Å². The number of nitrogens with two attached hydrogens (primary N) is 1. The number of nitrogens with zero attached hydrogens (tertiary/aromatic N) is 6. The van der Waals surface area contributed by atoms with E-state index in [1.165, 1.54) is 36.7 Å². The Labute approximate surface area is 249 Å². The monoisotopic (exact) mass is 633 g/mol. The molecule has 0 radical (unpaired) electrons. The van der Waals surface area contributed by atoms with Gasteiger partial charge in [0.2, 0.25) is 0 Å². The van der Waals surface area contributed by atoms with Gasteiger partial charge in [-0.05, 0) is 30.7 Å². The van der Waals surface area contributed by atoms with Gasteiger partial charge in [-0.15, -0.1) is 0 Å². The summed E-state index contributed by atoms with van der Waals surface area (Å²) in [6, 6.07) is 4.10. The van der Waals surface area contributed by atoms with Gasteiger partial charge in [0, 0.05) is 55.4 Å². The first kappa shape index (κ1) is 30.1. The first-order valence-corrected chi connectivity index (χ1v) is 14.9. The first-order chi connectivity index (χ1) is 20.8. The van der Waals surface area contributed by atoms with E-state index in [0.29, 0.717) is 18.9 Å². The highest BCUT2D eigenvalue weighted by Gasteiger charge is 2.52. The summed E-state index contributed by atoms with van der Waals surface area (Å²) in [5.74, 6) is -1.20. The molecule has 16 heteroatoms. The van der Waals surface area contributed by atoms with E-state index in [9.17, 15) is 26.4 Å². The molecule has 2 aliphatic rings. The zero-order chi connectivity index (χ0) is 31.6. The highest BCUT2D eigenvalue weighted by Crippen LogP contribution is 2.46. The Hall–Kier alpha value is -3.99. The van der Waals surface area contributed by atoms with Crippen LogP contribution in [0.1, 0.15) is 39.9 Å². The molecular formula is C28H27F4N7O4S. The SMILES string of the molecule is CN(C)S(=O)(=O)N1[C@@H]2COC[C@@H]2C[C@H]1c1nc(-c2ccc(C(=O)Cc3cc(C(F)(F)F)ccn3)cc2F)c2c(N)nccn12. The first-order valence-electron chi connectivity index (χ1n) is 13.5. The van der Waals surface area contributed by atoms with Gasteiger partial charge in [-0.25, -0.2) is 14.4 Å². The lowest BCUT2D eigenvalue weighted by atomic mass is 10.0. The van der Waals surface area contributed by atoms with Crippen molar-refractivity contribution in [1.29, 1.82) is 0 Å². The predicted molar refractivity (Wildman–Crippen MR) is 150 cm³/mol. The van der Waals surface area contributed by atoms with Crippen LogP contribution in [0.2, 0.25) is 0 Å². The van der Waals surface area contributed by atoms with E-state index in [1.807, 2.05) is 0 Å². The van der Waals surface area contributed by atoms with Crippen LogP contribution in [0.3, 0.4) is 0 Å². The van der Waals surface area contributed by atoms with Crippen LogP contribution in [0.4, 0.5) is 23.4 Å². The minimum Gasteiger partial charge on any atom is -0.382 e. The number of hydrogen-bond acceptors (Lipinski definition) is 8.